The Morgan fingerprint density at radius 3 is 2.62 bits per heavy atom. The Morgan fingerprint density at radius 2 is 1.88 bits per heavy atom. The van der Waals surface area contributed by atoms with Gasteiger partial charge >= 0.3 is 5.97 Å². The maximum absolute atomic E-state index is 12.7. The van der Waals surface area contributed by atoms with Gasteiger partial charge in [-0.25, -0.2) is 0 Å². The van der Waals surface area contributed by atoms with E-state index in [1.165, 1.54) is 0 Å². The summed E-state index contributed by atoms with van der Waals surface area (Å²) in [7, 11) is 0. The number of carbonyl (C=O) groups is 2. The van der Waals surface area contributed by atoms with Gasteiger partial charge < -0.3 is 9.64 Å². The number of anilines is 1. The second-order valence-electron chi connectivity index (χ2n) is 6.96. The van der Waals surface area contributed by atoms with Gasteiger partial charge in [-0.15, -0.1) is 0 Å². The number of hydrogen-bond acceptors (Lipinski definition) is 3. The lowest BCUT2D eigenvalue weighted by atomic mass is 9.98. The second kappa shape index (κ2) is 7.73. The average molecular weight is 351 g/mol. The van der Waals surface area contributed by atoms with E-state index in [0.717, 1.165) is 23.2 Å². The monoisotopic (exact) mass is 351 g/mol. The summed E-state index contributed by atoms with van der Waals surface area (Å²) < 4.78 is 5.70. The predicted molar refractivity (Wildman–Crippen MR) is 102 cm³/mol. The summed E-state index contributed by atoms with van der Waals surface area (Å²) in [5.74, 6) is 0.120. The van der Waals surface area contributed by atoms with Crippen LogP contribution in [-0.4, -0.2) is 18.4 Å². The minimum atomic E-state index is -0.438. The zero-order valence-electron chi connectivity index (χ0n) is 15.6. The van der Waals surface area contributed by atoms with E-state index in [4.69, 9.17) is 4.74 Å². The quantitative estimate of drug-likeness (QED) is 0.590. The van der Waals surface area contributed by atoms with Crippen LogP contribution in [0.5, 0.6) is 5.75 Å². The number of aryl methyl sites for hydroxylation is 1. The number of hydrogen-bond donors (Lipinski definition) is 0. The van der Waals surface area contributed by atoms with Crippen LogP contribution in [0.1, 0.15) is 43.7 Å². The Hall–Kier alpha value is -2.62. The number of ether oxygens (including phenoxy) is 1. The second-order valence-corrected chi connectivity index (χ2v) is 6.96. The Balaban J connectivity index is 1.74. The third kappa shape index (κ3) is 3.64. The molecule has 4 nitrogen and oxygen atoms in total. The molecule has 1 amide bonds. The number of esters is 1. The third-order valence-electron chi connectivity index (χ3n) is 5.14. The molecule has 1 aliphatic rings. The van der Waals surface area contributed by atoms with E-state index < -0.39 is 5.92 Å². The van der Waals surface area contributed by atoms with E-state index in [1.807, 2.05) is 55.5 Å². The molecule has 0 aliphatic carbocycles. The molecule has 1 heterocycles. The standard InChI is InChI=1S/C22H25NO3/c1-4-15(2)18-10-6-8-12-20(18)26-22(25)17-13-21(24)23(14-17)19-11-7-5-9-16(19)3/h5-12,15,17H,4,13-14H2,1-3H3/t15-,17+/m1/s1. The van der Waals surface area contributed by atoms with Crippen molar-refractivity contribution in [2.45, 2.75) is 39.5 Å². The highest BCUT2D eigenvalue weighted by Gasteiger charge is 2.37. The van der Waals surface area contributed by atoms with Crippen LogP contribution < -0.4 is 9.64 Å². The molecule has 26 heavy (non-hydrogen) atoms. The first-order valence-corrected chi connectivity index (χ1v) is 9.17. The highest BCUT2D eigenvalue weighted by Crippen LogP contribution is 2.31. The molecule has 2 aromatic rings. The molecule has 0 N–H and O–H groups in total. The van der Waals surface area contributed by atoms with Gasteiger partial charge in [0.05, 0.1) is 5.92 Å². The minimum Gasteiger partial charge on any atom is -0.426 e. The predicted octanol–water partition coefficient (Wildman–Crippen LogP) is 4.47. The summed E-state index contributed by atoms with van der Waals surface area (Å²) in [4.78, 5) is 26.8. The van der Waals surface area contributed by atoms with Crippen molar-refractivity contribution < 1.29 is 14.3 Å². The van der Waals surface area contributed by atoms with E-state index in [9.17, 15) is 9.59 Å². The molecule has 4 heteroatoms. The van der Waals surface area contributed by atoms with E-state index in [2.05, 4.69) is 13.8 Å². The molecule has 0 saturated carbocycles. The molecule has 0 spiro atoms. The Bertz CT molecular complexity index is 815. The molecule has 2 aromatic carbocycles. The van der Waals surface area contributed by atoms with Crippen LogP contribution in [0.2, 0.25) is 0 Å². The molecule has 0 aromatic heterocycles. The molecule has 0 bridgehead atoms. The largest absolute Gasteiger partial charge is 0.426 e. The zero-order chi connectivity index (χ0) is 18.7. The Morgan fingerprint density at radius 1 is 1.19 bits per heavy atom. The van der Waals surface area contributed by atoms with Gasteiger partial charge in [-0.05, 0) is 42.5 Å². The third-order valence-corrected chi connectivity index (χ3v) is 5.14. The van der Waals surface area contributed by atoms with Gasteiger partial charge in [0.25, 0.3) is 0 Å². The van der Waals surface area contributed by atoms with Gasteiger partial charge in [0.15, 0.2) is 0 Å². The SMILES string of the molecule is CC[C@@H](C)c1ccccc1OC(=O)[C@H]1CC(=O)N(c2ccccc2C)C1. The topological polar surface area (TPSA) is 46.6 Å². The van der Waals surface area contributed by atoms with Crippen LogP contribution in [0, 0.1) is 12.8 Å². The van der Waals surface area contributed by atoms with Crippen molar-refractivity contribution in [3.63, 3.8) is 0 Å². The maximum Gasteiger partial charge on any atom is 0.316 e. The number of amides is 1. The first-order valence-electron chi connectivity index (χ1n) is 9.17. The van der Waals surface area contributed by atoms with Crippen molar-refractivity contribution in [3.05, 3.63) is 59.7 Å². The van der Waals surface area contributed by atoms with Crippen molar-refractivity contribution in [2.75, 3.05) is 11.4 Å². The first-order chi connectivity index (χ1) is 12.5. The van der Waals surface area contributed by atoms with Crippen LogP contribution in [0.15, 0.2) is 48.5 Å². The maximum atomic E-state index is 12.7. The van der Waals surface area contributed by atoms with Crippen molar-refractivity contribution in [3.8, 4) is 5.75 Å². The zero-order valence-corrected chi connectivity index (χ0v) is 15.6. The molecular formula is C22H25NO3. The van der Waals surface area contributed by atoms with Crippen molar-refractivity contribution >= 4 is 17.6 Å². The summed E-state index contributed by atoms with van der Waals surface area (Å²) in [6.07, 6.45) is 1.16. The van der Waals surface area contributed by atoms with Crippen LogP contribution in [0.3, 0.4) is 0 Å². The van der Waals surface area contributed by atoms with Gasteiger partial charge in [-0.1, -0.05) is 50.2 Å². The van der Waals surface area contributed by atoms with Gasteiger partial charge in [0.2, 0.25) is 5.91 Å². The van der Waals surface area contributed by atoms with Gasteiger partial charge in [-0.2, -0.15) is 0 Å². The van der Waals surface area contributed by atoms with Crippen molar-refractivity contribution in [2.24, 2.45) is 5.92 Å². The fourth-order valence-corrected chi connectivity index (χ4v) is 3.36. The van der Waals surface area contributed by atoms with Gasteiger partial charge in [0, 0.05) is 18.7 Å². The van der Waals surface area contributed by atoms with Crippen molar-refractivity contribution in [1.29, 1.82) is 0 Å². The summed E-state index contributed by atoms with van der Waals surface area (Å²) >= 11 is 0. The summed E-state index contributed by atoms with van der Waals surface area (Å²) in [5, 5.41) is 0. The lowest BCUT2D eigenvalue weighted by Gasteiger charge is -2.19. The fraction of sp³-hybridized carbons (Fsp3) is 0.364. The number of rotatable bonds is 5. The molecule has 0 unspecified atom stereocenters. The minimum absolute atomic E-state index is 0.0311. The number of benzene rings is 2. The average Bonchev–Trinajstić information content (AvgIpc) is 3.03. The van der Waals surface area contributed by atoms with Crippen LogP contribution in [-0.2, 0) is 9.59 Å². The summed E-state index contributed by atoms with van der Waals surface area (Å²) in [5.41, 5.74) is 2.92. The number of nitrogens with zero attached hydrogens (tertiary/aromatic N) is 1. The molecule has 0 radical (unpaired) electrons. The molecule has 1 saturated heterocycles. The lowest BCUT2D eigenvalue weighted by Crippen LogP contribution is -2.28. The van der Waals surface area contributed by atoms with E-state index >= 15 is 0 Å². The molecule has 1 aliphatic heterocycles. The van der Waals surface area contributed by atoms with Crippen LogP contribution >= 0.6 is 0 Å². The lowest BCUT2D eigenvalue weighted by molar-refractivity contribution is -0.139. The van der Waals surface area contributed by atoms with Gasteiger partial charge in [-0.3, -0.25) is 9.59 Å². The van der Waals surface area contributed by atoms with E-state index in [-0.39, 0.29) is 18.3 Å². The first kappa shape index (κ1) is 18.2. The highest BCUT2D eigenvalue weighted by atomic mass is 16.5. The van der Waals surface area contributed by atoms with E-state index in [0.29, 0.717) is 18.2 Å². The summed E-state index contributed by atoms with van der Waals surface area (Å²) in [6.45, 7) is 6.56. The van der Waals surface area contributed by atoms with Gasteiger partial charge in [0.1, 0.15) is 5.75 Å². The normalized spacial score (nSPS) is 18.0. The molecule has 1 fully saturated rings. The smallest absolute Gasteiger partial charge is 0.316 e. The fourth-order valence-electron chi connectivity index (χ4n) is 3.36. The molecule has 2 atom stereocenters. The van der Waals surface area contributed by atoms with Crippen LogP contribution in [0.4, 0.5) is 5.69 Å². The highest BCUT2D eigenvalue weighted by molar-refractivity contribution is 6.00. The Kier molecular flexibility index (Phi) is 5.40. The number of para-hydroxylation sites is 2. The molecular weight excluding hydrogens is 326 g/mol. The molecule has 136 valence electrons. The summed E-state index contributed by atoms with van der Waals surface area (Å²) in [6, 6.07) is 15.4. The van der Waals surface area contributed by atoms with Crippen LogP contribution in [0.25, 0.3) is 0 Å². The Labute approximate surface area is 154 Å². The van der Waals surface area contributed by atoms with E-state index in [1.54, 1.807) is 4.90 Å². The van der Waals surface area contributed by atoms with Crippen molar-refractivity contribution in [1.82, 2.24) is 0 Å². The molecule has 3 rings (SSSR count). The number of carbonyl (C=O) groups excluding carboxylic acids is 2.